The van der Waals surface area contributed by atoms with Crippen molar-refractivity contribution in [3.63, 3.8) is 0 Å². The summed E-state index contributed by atoms with van der Waals surface area (Å²) in [5.41, 5.74) is 0. The van der Waals surface area contributed by atoms with Gasteiger partial charge in [-0.1, -0.05) is 38.6 Å². The average Bonchev–Trinajstić information content (AvgIpc) is 2.32. The average molecular weight is 367 g/mol. The molecule has 1 radical (unpaired) electrons. The van der Waals surface area contributed by atoms with Gasteiger partial charge in [-0.2, -0.15) is 12.8 Å². The van der Waals surface area contributed by atoms with E-state index in [-0.39, 0.29) is 39.5 Å². The van der Waals surface area contributed by atoms with E-state index in [4.69, 9.17) is 3.79 Å². The Morgan fingerprint density at radius 3 is 1.15 bits per heavy atom. The van der Waals surface area contributed by atoms with Gasteiger partial charge in [-0.3, -0.25) is 0 Å². The summed E-state index contributed by atoms with van der Waals surface area (Å²) in [6.45, 7) is 11.0. The maximum absolute atomic E-state index is 4.89. The van der Waals surface area contributed by atoms with E-state index in [1.807, 2.05) is 33.7 Å². The maximum Gasteiger partial charge on any atom is 2.00 e. The van der Waals surface area contributed by atoms with Crippen LogP contribution in [0.5, 0.6) is 0 Å². The van der Waals surface area contributed by atoms with Crippen molar-refractivity contribution in [3.8, 4) is 0 Å². The molecule has 129 valence electrons. The topological polar surface area (TPSA) is 30.5 Å². The second-order valence-electron chi connectivity index (χ2n) is 3.26. The first-order valence-corrected chi connectivity index (χ1v) is 10.8. The molecule has 0 unspecified atom stereocenters. The van der Waals surface area contributed by atoms with E-state index in [0.717, 1.165) is 12.8 Å². The molecule has 0 aliphatic rings. The van der Waals surface area contributed by atoms with Crippen LogP contribution in [-0.2, 0) is 24.1 Å². The van der Waals surface area contributed by atoms with Gasteiger partial charge in [-0.05, 0) is 14.1 Å². The van der Waals surface area contributed by atoms with E-state index in [0.29, 0.717) is 0 Å². The molecule has 0 fully saturated rings. The first kappa shape index (κ1) is 43.0. The fourth-order valence-electron chi connectivity index (χ4n) is 0. The molecule has 6 heteroatoms. The second-order valence-corrected chi connectivity index (χ2v) is 6.77. The summed E-state index contributed by atoms with van der Waals surface area (Å²) in [6, 6.07) is 0. The predicted octanol–water partition coefficient (Wildman–Crippen LogP) is 4.11. The van der Waals surface area contributed by atoms with Gasteiger partial charge in [0.25, 0.3) is 0 Å². The third-order valence-corrected chi connectivity index (χ3v) is 2.12. The molecule has 0 aliphatic carbocycles. The van der Waals surface area contributed by atoms with E-state index in [1.54, 1.807) is 14.2 Å². The van der Waals surface area contributed by atoms with Gasteiger partial charge >= 0.3 is 46.5 Å². The number of hydrogen-bond donors (Lipinski definition) is 1. The largest absolute Gasteiger partial charge is 2.00 e. The maximum atomic E-state index is 4.89. The monoisotopic (exact) mass is 366 g/mol. The Balaban J connectivity index is -0.0000000210. The van der Waals surface area contributed by atoms with E-state index in [9.17, 15) is 0 Å². The van der Waals surface area contributed by atoms with Crippen LogP contribution in [-0.4, -0.2) is 58.4 Å². The predicted molar refractivity (Wildman–Crippen MR) is 96.1 cm³/mol. The molecule has 0 spiro atoms. The second kappa shape index (κ2) is 70.9. The van der Waals surface area contributed by atoms with Crippen molar-refractivity contribution >= 4 is 30.0 Å². The van der Waals surface area contributed by atoms with E-state index < -0.39 is 14.5 Å². The summed E-state index contributed by atoms with van der Waals surface area (Å²) in [5.74, 6) is 6.32. The van der Waals surface area contributed by atoms with Crippen LogP contribution in [0.1, 0.15) is 34.1 Å². The molecule has 0 aromatic rings. The van der Waals surface area contributed by atoms with Gasteiger partial charge in [-0.25, -0.2) is 0 Å². The summed E-state index contributed by atoms with van der Waals surface area (Å²) in [6.07, 6.45) is 2.00. The molecule has 20 heavy (non-hydrogen) atoms. The van der Waals surface area contributed by atoms with Gasteiger partial charge in [0, 0.05) is 14.2 Å². The molecule has 3 nitrogen and oxygen atoms in total. The van der Waals surface area contributed by atoms with Crippen LogP contribution in [0, 0.1) is 13.8 Å². The minimum Gasteiger partial charge on any atom is -0.509 e. The fraction of sp³-hybridized carbons (Fsp3) is 0.857. The molecule has 1 N–H and O–H groups in total. The van der Waals surface area contributed by atoms with Crippen LogP contribution in [0.25, 0.3) is 0 Å². The van der Waals surface area contributed by atoms with Gasteiger partial charge in [0.2, 0.25) is 0 Å². The zero-order valence-corrected chi connectivity index (χ0v) is 17.9. The molecule has 0 aromatic carbocycles. The van der Waals surface area contributed by atoms with Crippen molar-refractivity contribution in [3.05, 3.63) is 13.8 Å². The van der Waals surface area contributed by atoms with Crippen molar-refractivity contribution in [2.24, 2.45) is 0 Å². The number of rotatable bonds is 2. The summed E-state index contributed by atoms with van der Waals surface area (Å²) >= 11 is -0.367. The Labute approximate surface area is 152 Å². The third kappa shape index (κ3) is 335. The molecule has 0 aliphatic heterocycles. The Morgan fingerprint density at radius 1 is 1.05 bits per heavy atom. The summed E-state index contributed by atoms with van der Waals surface area (Å²) in [5, 5.41) is 2.75. The number of nitrogens with one attached hydrogen (secondary N) is 1. The number of hydrogen-bond acceptors (Lipinski definition) is 3. The molecule has 0 saturated carbocycles. The molecule has 0 rings (SSSR count). The van der Waals surface area contributed by atoms with Crippen LogP contribution in [0.2, 0.25) is 17.4 Å². The van der Waals surface area contributed by atoms with Crippen LogP contribution in [0.3, 0.4) is 0 Å². The molecular weight excluding hydrogens is 327 g/mol. The fourth-order valence-corrected chi connectivity index (χ4v) is 0. The molecule has 0 atom stereocenters. The van der Waals surface area contributed by atoms with Gasteiger partial charge < -0.3 is 26.7 Å². The Kier molecular flexibility index (Phi) is 152. The van der Waals surface area contributed by atoms with Crippen LogP contribution in [0.15, 0.2) is 0 Å². The molecule has 0 aromatic heterocycles. The van der Waals surface area contributed by atoms with Crippen molar-refractivity contribution in [1.29, 1.82) is 0 Å². The van der Waals surface area contributed by atoms with Gasteiger partial charge in [0.05, 0.1) is 0 Å². The Hall–Kier alpha value is 1.44. The molecule has 0 amide bonds. The molecule has 0 heterocycles. The van der Waals surface area contributed by atoms with Crippen molar-refractivity contribution in [2.75, 3.05) is 28.3 Å². The Bertz CT molecular complexity index is 77.4. The van der Waals surface area contributed by atoms with Crippen molar-refractivity contribution < 1.29 is 24.1 Å². The first-order chi connectivity index (χ1) is 8.43. The van der Waals surface area contributed by atoms with E-state index >= 15 is 0 Å². The third-order valence-electron chi connectivity index (χ3n) is 0.707. The standard InChI is InChI=1S/2C3H7.C2H7N.2CH3O.CH4.3CH3.2Al.Ni/c3*1-3-2;2*1-2;;;;;;;/h2*1,3H2,2H3;3H,1-2H3;2*1H3;1H4;3*1H3;;;/q2*-1;;2*-1;;;;;2*+1;+2. The van der Waals surface area contributed by atoms with Crippen molar-refractivity contribution in [1.82, 2.24) is 5.32 Å². The molecule has 0 saturated heterocycles. The molecular formula is C14H40Al2NNiO2. The Morgan fingerprint density at radius 2 is 1.15 bits per heavy atom. The zero-order chi connectivity index (χ0) is 15.8. The summed E-state index contributed by atoms with van der Waals surface area (Å²) in [4.78, 5) is 0. The van der Waals surface area contributed by atoms with Crippen LogP contribution < -0.4 is 5.32 Å². The SMILES string of the molecule is C.CNC.C[O][Al]([CH3])[CH3].C[O][Al][CH3].[CH2-]CC.[CH2-]CC.[Ni+2]. The van der Waals surface area contributed by atoms with Gasteiger partial charge in [0.1, 0.15) is 0 Å². The summed E-state index contributed by atoms with van der Waals surface area (Å²) < 4.78 is 9.51. The van der Waals surface area contributed by atoms with Gasteiger partial charge in [0.15, 0.2) is 0 Å². The van der Waals surface area contributed by atoms with E-state index in [1.165, 1.54) is 0 Å². The smallest absolute Gasteiger partial charge is 0.509 e. The van der Waals surface area contributed by atoms with Crippen molar-refractivity contribution in [2.45, 2.75) is 51.5 Å². The van der Waals surface area contributed by atoms with E-state index in [2.05, 4.69) is 34.5 Å². The zero-order valence-electron chi connectivity index (χ0n) is 14.6. The minimum atomic E-state index is -0.650. The normalized spacial score (nSPS) is 5.95. The quantitative estimate of drug-likeness (QED) is 0.589. The summed E-state index contributed by atoms with van der Waals surface area (Å²) in [7, 11) is 7.23. The molecule has 0 bridgehead atoms. The first-order valence-electron chi connectivity index (χ1n) is 6.43. The van der Waals surface area contributed by atoms with Gasteiger partial charge in [-0.15, -0.1) is 0 Å². The van der Waals surface area contributed by atoms with Crippen LogP contribution >= 0.6 is 0 Å². The van der Waals surface area contributed by atoms with Crippen LogP contribution in [0.4, 0.5) is 0 Å². The minimum absolute atomic E-state index is 0.